The zero-order chi connectivity index (χ0) is 19.7. The molecule has 0 fully saturated rings. The summed E-state index contributed by atoms with van der Waals surface area (Å²) in [6, 6.07) is 5.90. The zero-order valence-electron chi connectivity index (χ0n) is 16.5. The average Bonchev–Trinajstić information content (AvgIpc) is 3.34. The van der Waals surface area contributed by atoms with Crippen LogP contribution in [0.5, 0.6) is 0 Å². The summed E-state index contributed by atoms with van der Waals surface area (Å²) in [6.45, 7) is 7.39. The third kappa shape index (κ3) is 3.99. The van der Waals surface area contributed by atoms with Crippen LogP contribution in [-0.2, 0) is 19.4 Å². The molecule has 1 aliphatic carbocycles. The Morgan fingerprint density at radius 1 is 1.36 bits per heavy atom. The van der Waals surface area contributed by atoms with Gasteiger partial charge in [-0.15, -0.1) is 11.3 Å². The van der Waals surface area contributed by atoms with Crippen molar-refractivity contribution in [3.8, 4) is 5.82 Å². The van der Waals surface area contributed by atoms with Crippen LogP contribution in [0.25, 0.3) is 5.82 Å². The third-order valence-electron chi connectivity index (χ3n) is 5.45. The number of carbonyl (C=O) groups excluding carboxylic acids is 1. The van der Waals surface area contributed by atoms with Gasteiger partial charge in [-0.25, -0.2) is 14.6 Å². The molecule has 1 amide bonds. The predicted molar refractivity (Wildman–Crippen MR) is 110 cm³/mol. The SMILES string of the molecule is CC(C)(C)C1CCc2sc(C(=O)NCc3ccnc(-n4cncn4)c3)cc2C1. The van der Waals surface area contributed by atoms with Crippen molar-refractivity contribution in [2.45, 2.75) is 46.6 Å². The number of aryl methyl sites for hydroxylation is 1. The minimum absolute atomic E-state index is 0.00849. The molecule has 7 heteroatoms. The molecular weight excluding hydrogens is 370 g/mol. The van der Waals surface area contributed by atoms with Gasteiger partial charge in [0.25, 0.3) is 5.91 Å². The maximum absolute atomic E-state index is 12.7. The Morgan fingerprint density at radius 3 is 2.96 bits per heavy atom. The smallest absolute Gasteiger partial charge is 0.261 e. The van der Waals surface area contributed by atoms with E-state index in [0.29, 0.717) is 23.7 Å². The molecule has 1 atom stereocenters. The van der Waals surface area contributed by atoms with E-state index in [1.54, 1.807) is 28.5 Å². The van der Waals surface area contributed by atoms with Crippen molar-refractivity contribution in [1.29, 1.82) is 0 Å². The number of nitrogens with zero attached hydrogens (tertiary/aromatic N) is 4. The van der Waals surface area contributed by atoms with Crippen LogP contribution in [0.2, 0.25) is 0 Å². The highest BCUT2D eigenvalue weighted by molar-refractivity contribution is 7.14. The van der Waals surface area contributed by atoms with Crippen LogP contribution in [0.4, 0.5) is 0 Å². The van der Waals surface area contributed by atoms with E-state index in [2.05, 4.69) is 47.2 Å². The molecule has 1 aliphatic rings. The van der Waals surface area contributed by atoms with E-state index in [9.17, 15) is 4.79 Å². The Kier molecular flexibility index (Phi) is 5.02. The number of pyridine rings is 1. The van der Waals surface area contributed by atoms with E-state index < -0.39 is 0 Å². The topological polar surface area (TPSA) is 72.7 Å². The van der Waals surface area contributed by atoms with Gasteiger partial charge in [-0.1, -0.05) is 20.8 Å². The number of hydrogen-bond donors (Lipinski definition) is 1. The van der Waals surface area contributed by atoms with E-state index in [0.717, 1.165) is 23.3 Å². The first-order valence-electron chi connectivity index (χ1n) is 9.60. The number of rotatable bonds is 4. The molecule has 0 bridgehead atoms. The van der Waals surface area contributed by atoms with E-state index in [-0.39, 0.29) is 5.91 Å². The quantitative estimate of drug-likeness (QED) is 0.729. The van der Waals surface area contributed by atoms with Crippen LogP contribution >= 0.6 is 11.3 Å². The second-order valence-corrected chi connectivity index (χ2v) is 9.55. The van der Waals surface area contributed by atoms with Crippen molar-refractivity contribution >= 4 is 17.2 Å². The Balaban J connectivity index is 1.42. The maximum Gasteiger partial charge on any atom is 0.261 e. The standard InChI is InChI=1S/C21H25N5OS/c1-21(2,3)16-4-5-17-15(9-16)10-18(28-17)20(27)24-11-14-6-7-23-19(8-14)26-13-22-12-25-26/h6-8,10,12-13,16H,4-5,9,11H2,1-3H3,(H,24,27). The van der Waals surface area contributed by atoms with Gasteiger partial charge in [0, 0.05) is 17.6 Å². The fraction of sp³-hybridized carbons (Fsp3) is 0.429. The van der Waals surface area contributed by atoms with Crippen molar-refractivity contribution in [3.05, 3.63) is 57.9 Å². The van der Waals surface area contributed by atoms with Crippen molar-refractivity contribution in [2.24, 2.45) is 11.3 Å². The molecule has 1 N–H and O–H groups in total. The van der Waals surface area contributed by atoms with Crippen LogP contribution in [0, 0.1) is 11.3 Å². The molecule has 3 heterocycles. The van der Waals surface area contributed by atoms with Gasteiger partial charge in [0.05, 0.1) is 4.88 Å². The molecule has 0 radical (unpaired) electrons. The third-order valence-corrected chi connectivity index (χ3v) is 6.68. The van der Waals surface area contributed by atoms with E-state index in [1.807, 2.05) is 12.1 Å². The largest absolute Gasteiger partial charge is 0.347 e. The molecule has 0 spiro atoms. The number of carbonyl (C=O) groups is 1. The molecule has 0 saturated carbocycles. The number of aromatic nitrogens is 4. The highest BCUT2D eigenvalue weighted by Gasteiger charge is 2.30. The first-order chi connectivity index (χ1) is 13.4. The molecule has 0 saturated heterocycles. The molecule has 3 aromatic rings. The van der Waals surface area contributed by atoms with Gasteiger partial charge in [0.1, 0.15) is 12.7 Å². The van der Waals surface area contributed by atoms with Crippen molar-refractivity contribution in [1.82, 2.24) is 25.1 Å². The lowest BCUT2D eigenvalue weighted by Gasteiger charge is -2.33. The molecule has 1 unspecified atom stereocenters. The number of nitrogens with one attached hydrogen (secondary N) is 1. The normalized spacial score (nSPS) is 16.6. The highest BCUT2D eigenvalue weighted by atomic mass is 32.1. The summed E-state index contributed by atoms with van der Waals surface area (Å²) in [4.78, 5) is 23.1. The van der Waals surface area contributed by atoms with E-state index in [4.69, 9.17) is 0 Å². The van der Waals surface area contributed by atoms with Gasteiger partial charge in [-0.05, 0) is 59.9 Å². The lowest BCUT2D eigenvalue weighted by atomic mass is 9.72. The fourth-order valence-corrected chi connectivity index (χ4v) is 4.79. The van der Waals surface area contributed by atoms with Crippen LogP contribution in [0.1, 0.15) is 52.9 Å². The van der Waals surface area contributed by atoms with Crippen LogP contribution < -0.4 is 5.32 Å². The molecule has 28 heavy (non-hydrogen) atoms. The summed E-state index contributed by atoms with van der Waals surface area (Å²) in [5.74, 6) is 1.35. The fourth-order valence-electron chi connectivity index (χ4n) is 3.67. The summed E-state index contributed by atoms with van der Waals surface area (Å²) < 4.78 is 1.60. The second kappa shape index (κ2) is 7.47. The zero-order valence-corrected chi connectivity index (χ0v) is 17.3. The number of hydrogen-bond acceptors (Lipinski definition) is 5. The highest BCUT2D eigenvalue weighted by Crippen LogP contribution is 2.40. The van der Waals surface area contributed by atoms with Gasteiger partial charge in [0.2, 0.25) is 0 Å². The van der Waals surface area contributed by atoms with E-state index in [1.165, 1.54) is 23.2 Å². The Bertz CT molecular complexity index is 971. The summed E-state index contributed by atoms with van der Waals surface area (Å²) in [5.41, 5.74) is 2.65. The average molecular weight is 396 g/mol. The molecule has 0 aromatic carbocycles. The molecule has 146 valence electrons. The second-order valence-electron chi connectivity index (χ2n) is 8.41. The van der Waals surface area contributed by atoms with Gasteiger partial charge in [-0.2, -0.15) is 5.10 Å². The summed E-state index contributed by atoms with van der Waals surface area (Å²) in [5, 5.41) is 7.12. The molecule has 4 rings (SSSR count). The molecule has 6 nitrogen and oxygen atoms in total. The number of amides is 1. The Morgan fingerprint density at radius 2 is 2.21 bits per heavy atom. The molecule has 0 aliphatic heterocycles. The van der Waals surface area contributed by atoms with Crippen molar-refractivity contribution < 1.29 is 4.79 Å². The number of thiophene rings is 1. The Labute approximate surface area is 169 Å². The predicted octanol–water partition coefficient (Wildman–Crippen LogP) is 3.80. The summed E-state index contributed by atoms with van der Waals surface area (Å²) >= 11 is 1.65. The maximum atomic E-state index is 12.7. The van der Waals surface area contributed by atoms with Gasteiger partial charge in [-0.3, -0.25) is 4.79 Å². The summed E-state index contributed by atoms with van der Waals surface area (Å²) in [6.07, 6.45) is 8.16. The van der Waals surface area contributed by atoms with Crippen LogP contribution in [0.15, 0.2) is 37.1 Å². The van der Waals surface area contributed by atoms with Crippen molar-refractivity contribution in [3.63, 3.8) is 0 Å². The van der Waals surface area contributed by atoms with Gasteiger partial charge in [0.15, 0.2) is 5.82 Å². The monoisotopic (exact) mass is 395 g/mol. The van der Waals surface area contributed by atoms with Crippen LogP contribution in [0.3, 0.4) is 0 Å². The van der Waals surface area contributed by atoms with Gasteiger partial charge >= 0.3 is 0 Å². The minimum Gasteiger partial charge on any atom is -0.347 e. The minimum atomic E-state index is -0.00849. The Hall–Kier alpha value is -2.54. The first-order valence-corrected chi connectivity index (χ1v) is 10.4. The first kappa shape index (κ1) is 18.8. The lowest BCUT2D eigenvalue weighted by molar-refractivity contribution is 0.0955. The van der Waals surface area contributed by atoms with Gasteiger partial charge < -0.3 is 5.32 Å². The lowest BCUT2D eigenvalue weighted by Crippen LogP contribution is -2.26. The molecule has 3 aromatic heterocycles. The van der Waals surface area contributed by atoms with Crippen LogP contribution in [-0.4, -0.2) is 25.7 Å². The van der Waals surface area contributed by atoms with E-state index >= 15 is 0 Å². The molecular formula is C21H25N5OS. The summed E-state index contributed by atoms with van der Waals surface area (Å²) in [7, 11) is 0. The van der Waals surface area contributed by atoms with Crippen molar-refractivity contribution in [2.75, 3.05) is 0 Å². The number of fused-ring (bicyclic) bond motifs is 1.